The van der Waals surface area contributed by atoms with E-state index in [1.54, 1.807) is 0 Å². The van der Waals surface area contributed by atoms with Gasteiger partial charge in [-0.25, -0.2) is 4.98 Å². The van der Waals surface area contributed by atoms with Crippen LogP contribution in [-0.4, -0.2) is 37.6 Å². The van der Waals surface area contributed by atoms with Gasteiger partial charge in [-0.05, 0) is 53.3 Å². The summed E-state index contributed by atoms with van der Waals surface area (Å²) < 4.78 is 2.23. The molecule has 0 radical (unpaired) electrons. The summed E-state index contributed by atoms with van der Waals surface area (Å²) in [5.74, 6) is 1.01. The van der Waals surface area contributed by atoms with Crippen LogP contribution in [0.15, 0.2) is 90.5 Å². The highest BCUT2D eigenvalue weighted by atomic mass is 32.1. The van der Waals surface area contributed by atoms with Crippen LogP contribution in [0.3, 0.4) is 0 Å². The van der Waals surface area contributed by atoms with Crippen LogP contribution in [0.25, 0.3) is 11.0 Å². The third-order valence-electron chi connectivity index (χ3n) is 8.10. The Kier molecular flexibility index (Phi) is 10.1. The molecule has 1 aliphatic rings. The minimum Gasteiger partial charge on any atom is -0.384 e. The van der Waals surface area contributed by atoms with Gasteiger partial charge in [0.05, 0.1) is 17.6 Å². The zero-order valence-electron chi connectivity index (χ0n) is 25.3. The van der Waals surface area contributed by atoms with Gasteiger partial charge >= 0.3 is 0 Å². The number of aromatic nitrogens is 2. The fourth-order valence-electron chi connectivity index (χ4n) is 5.47. The molecule has 7 nitrogen and oxygen atoms in total. The number of nitrogens with two attached hydrogens (primary N) is 2. The van der Waals surface area contributed by atoms with Crippen molar-refractivity contribution in [3.8, 4) is 0 Å². The van der Waals surface area contributed by atoms with Gasteiger partial charge in [0.25, 0.3) is 5.91 Å². The molecule has 1 aliphatic carbocycles. The van der Waals surface area contributed by atoms with E-state index in [1.165, 1.54) is 0 Å². The number of benzene rings is 3. The van der Waals surface area contributed by atoms with Crippen LogP contribution in [0, 0.1) is 5.41 Å². The largest absolute Gasteiger partial charge is 0.384 e. The minimum atomic E-state index is 0.00576. The monoisotopic (exact) mass is 604 g/mol. The maximum Gasteiger partial charge on any atom is 0.254 e. The summed E-state index contributed by atoms with van der Waals surface area (Å²) in [5, 5.41) is 7.66. The second kappa shape index (κ2) is 14.4. The fraction of sp³-hybridized carbons (Fsp3) is 0.278. The number of aryl methyl sites for hydroxylation is 2. The molecule has 0 atom stereocenters. The molecule has 5 rings (SSSR count). The highest BCUT2D eigenvalue weighted by Crippen LogP contribution is 2.24. The second-order valence-electron chi connectivity index (χ2n) is 11.3. The third kappa shape index (κ3) is 7.38. The molecule has 5 N–H and O–H groups in total. The number of allylic oxidation sites excluding steroid dienone is 4. The molecule has 0 saturated heterocycles. The first-order valence-electron chi connectivity index (χ1n) is 15.2. The van der Waals surface area contributed by atoms with Crippen molar-refractivity contribution in [1.82, 2.24) is 14.5 Å². The molecular weight excluding hydrogens is 565 g/mol. The number of carbonyl (C=O) groups excluding carboxylic acids is 1. The summed E-state index contributed by atoms with van der Waals surface area (Å²) in [5.41, 5.74) is 19.0. The lowest BCUT2D eigenvalue weighted by Gasteiger charge is -2.23. The molecule has 1 heterocycles. The van der Waals surface area contributed by atoms with E-state index >= 15 is 0 Å². The number of hydrogen-bond acceptors (Lipinski definition) is 5. The van der Waals surface area contributed by atoms with Crippen molar-refractivity contribution >= 4 is 39.9 Å². The molecule has 3 aromatic carbocycles. The molecule has 8 heteroatoms. The van der Waals surface area contributed by atoms with Crippen LogP contribution >= 0.6 is 12.2 Å². The normalized spacial score (nSPS) is 12.9. The lowest BCUT2D eigenvalue weighted by atomic mass is 10.0. The van der Waals surface area contributed by atoms with Gasteiger partial charge in [-0.1, -0.05) is 92.3 Å². The Balaban J connectivity index is 1.44. The molecule has 0 spiro atoms. The number of rotatable bonds is 13. The molecular formula is C36H40N6OS. The summed E-state index contributed by atoms with van der Waals surface area (Å²) in [6.07, 6.45) is 10.4. The number of unbranched alkanes of at least 4 members (excludes halogenated alkanes) is 1. The number of carbonyl (C=O) groups is 1. The van der Waals surface area contributed by atoms with Crippen molar-refractivity contribution in [2.75, 3.05) is 6.54 Å². The van der Waals surface area contributed by atoms with E-state index in [4.69, 9.17) is 34.1 Å². The molecule has 0 fully saturated rings. The molecule has 1 aromatic heterocycles. The average molecular weight is 605 g/mol. The SMILES string of the molecule is CCCCN(Cc1ccc(CN)cc1)C(=O)c1ccc2c(c1)nc(CCc1ccc(C(=N)N)cc1)n2CC1=CC=CCC1=S. The average Bonchev–Trinajstić information content (AvgIpc) is 3.39. The summed E-state index contributed by atoms with van der Waals surface area (Å²) in [7, 11) is 0. The van der Waals surface area contributed by atoms with Gasteiger partial charge in [0, 0.05) is 48.5 Å². The van der Waals surface area contributed by atoms with E-state index in [0.29, 0.717) is 43.7 Å². The van der Waals surface area contributed by atoms with Crippen LogP contribution in [0.5, 0.6) is 0 Å². The summed E-state index contributed by atoms with van der Waals surface area (Å²) in [6, 6.07) is 21.8. The summed E-state index contributed by atoms with van der Waals surface area (Å²) in [4.78, 5) is 21.8. The van der Waals surface area contributed by atoms with Gasteiger partial charge in [0.2, 0.25) is 0 Å². The molecule has 0 unspecified atom stereocenters. The van der Waals surface area contributed by atoms with Gasteiger partial charge in [-0.15, -0.1) is 0 Å². The number of fused-ring (bicyclic) bond motifs is 1. The van der Waals surface area contributed by atoms with E-state index in [9.17, 15) is 4.79 Å². The fourth-order valence-corrected chi connectivity index (χ4v) is 5.70. The number of nitrogen functional groups attached to an aromatic ring is 1. The molecule has 0 saturated carbocycles. The third-order valence-corrected chi connectivity index (χ3v) is 8.53. The summed E-state index contributed by atoms with van der Waals surface area (Å²) >= 11 is 5.69. The van der Waals surface area contributed by atoms with Gasteiger partial charge < -0.3 is 20.9 Å². The van der Waals surface area contributed by atoms with Crippen molar-refractivity contribution in [2.24, 2.45) is 11.5 Å². The minimum absolute atomic E-state index is 0.00576. The summed E-state index contributed by atoms with van der Waals surface area (Å²) in [6.45, 7) is 4.50. The van der Waals surface area contributed by atoms with Crippen LogP contribution in [0.1, 0.15) is 64.6 Å². The molecule has 1 amide bonds. The highest BCUT2D eigenvalue weighted by Gasteiger charge is 2.20. The first-order valence-corrected chi connectivity index (χ1v) is 15.7. The quantitative estimate of drug-likeness (QED) is 0.0947. The van der Waals surface area contributed by atoms with Crippen LogP contribution in [0.2, 0.25) is 0 Å². The van der Waals surface area contributed by atoms with E-state index in [1.807, 2.05) is 59.5 Å². The van der Waals surface area contributed by atoms with Gasteiger partial charge in [0.15, 0.2) is 0 Å². The van der Waals surface area contributed by atoms with Gasteiger partial charge in [0.1, 0.15) is 11.7 Å². The zero-order valence-corrected chi connectivity index (χ0v) is 26.1. The molecule has 226 valence electrons. The Hall–Kier alpha value is -4.40. The van der Waals surface area contributed by atoms with E-state index in [0.717, 1.165) is 69.7 Å². The van der Waals surface area contributed by atoms with Crippen LogP contribution in [0.4, 0.5) is 0 Å². The topological polar surface area (TPSA) is 114 Å². The Morgan fingerprint density at radius 1 is 1.00 bits per heavy atom. The number of amidine groups is 1. The second-order valence-corrected chi connectivity index (χ2v) is 11.8. The lowest BCUT2D eigenvalue weighted by Crippen LogP contribution is -2.31. The number of imidazole rings is 1. The predicted octanol–water partition coefficient (Wildman–Crippen LogP) is 6.26. The van der Waals surface area contributed by atoms with Crippen LogP contribution in [-0.2, 0) is 32.5 Å². The molecule has 4 aromatic rings. The van der Waals surface area contributed by atoms with E-state index in [-0.39, 0.29) is 11.7 Å². The first kappa shape index (κ1) is 31.0. The standard InChI is InChI=1S/C36H40N6OS/c1-2-3-20-41(23-27-10-8-26(22-37)9-11-27)36(43)29-17-18-32-31(21-29)40-34(42(32)24-30-6-4-5-7-33(30)44)19-14-25-12-15-28(16-13-25)35(38)39/h4-6,8-13,15-18,21H,2-3,7,14,19-20,22-24,37H2,1H3,(H3,38,39). The smallest absolute Gasteiger partial charge is 0.254 e. The number of hydrogen-bond donors (Lipinski definition) is 3. The van der Waals surface area contributed by atoms with Crippen molar-refractivity contribution in [1.29, 1.82) is 5.41 Å². The number of nitrogens with zero attached hydrogens (tertiary/aromatic N) is 3. The highest BCUT2D eigenvalue weighted by molar-refractivity contribution is 7.80. The van der Waals surface area contributed by atoms with Gasteiger partial charge in [-0.3, -0.25) is 10.2 Å². The van der Waals surface area contributed by atoms with E-state index < -0.39 is 0 Å². The van der Waals surface area contributed by atoms with Crippen molar-refractivity contribution in [2.45, 2.75) is 58.7 Å². The Bertz CT molecular complexity index is 1720. The maximum atomic E-state index is 13.9. The Morgan fingerprint density at radius 3 is 2.39 bits per heavy atom. The van der Waals surface area contributed by atoms with Crippen molar-refractivity contribution < 1.29 is 4.79 Å². The van der Waals surface area contributed by atoms with Crippen molar-refractivity contribution in [3.63, 3.8) is 0 Å². The Labute approximate surface area is 264 Å². The van der Waals surface area contributed by atoms with Crippen molar-refractivity contribution in [3.05, 3.63) is 124 Å². The molecule has 0 bridgehead atoms. The number of thiocarbonyl (C=S) groups is 1. The predicted molar refractivity (Wildman–Crippen MR) is 183 cm³/mol. The molecule has 0 aliphatic heterocycles. The lowest BCUT2D eigenvalue weighted by molar-refractivity contribution is 0.0741. The first-order chi connectivity index (χ1) is 21.4. The number of amides is 1. The maximum absolute atomic E-state index is 13.9. The van der Waals surface area contributed by atoms with E-state index in [2.05, 4.69) is 41.9 Å². The van der Waals surface area contributed by atoms with Crippen LogP contribution < -0.4 is 11.5 Å². The molecule has 44 heavy (non-hydrogen) atoms. The zero-order chi connectivity index (χ0) is 31.1. The number of nitrogens with one attached hydrogen (secondary N) is 1. The Morgan fingerprint density at radius 2 is 1.70 bits per heavy atom. The van der Waals surface area contributed by atoms with Gasteiger partial charge in [-0.2, -0.15) is 0 Å².